The fraction of sp³-hybridized carbons (Fsp3) is 0.952. The second-order valence-corrected chi connectivity index (χ2v) is 8.77. The van der Waals surface area contributed by atoms with Crippen LogP contribution in [0.1, 0.15) is 53.4 Å². The molecule has 5 heteroatoms. The molecule has 152 valence electrons. The summed E-state index contributed by atoms with van der Waals surface area (Å²) in [5.74, 6) is 1.01. The Labute approximate surface area is 160 Å². The van der Waals surface area contributed by atoms with Crippen LogP contribution in [0.4, 0.5) is 0 Å². The highest BCUT2D eigenvalue weighted by Crippen LogP contribution is 2.35. The number of ketones is 1. The number of hydrogen-bond donors (Lipinski definition) is 0. The number of carbonyl (C=O) groups excluding carboxylic acids is 1. The molecular formula is C21H40N2O3. The predicted octanol–water partition coefficient (Wildman–Crippen LogP) is 2.83. The third-order valence-electron chi connectivity index (χ3n) is 6.06. The lowest BCUT2D eigenvalue weighted by atomic mass is 9.73. The van der Waals surface area contributed by atoms with Crippen LogP contribution in [-0.4, -0.2) is 80.8 Å². The third-order valence-corrected chi connectivity index (χ3v) is 6.06. The van der Waals surface area contributed by atoms with Gasteiger partial charge in [-0.15, -0.1) is 0 Å². The van der Waals surface area contributed by atoms with Crippen molar-refractivity contribution in [3.05, 3.63) is 0 Å². The van der Waals surface area contributed by atoms with E-state index in [2.05, 4.69) is 37.5 Å². The normalized spacial score (nSPS) is 22.2. The molecule has 2 saturated heterocycles. The lowest BCUT2D eigenvalue weighted by Crippen LogP contribution is -2.49. The van der Waals surface area contributed by atoms with Crippen LogP contribution in [0.25, 0.3) is 0 Å². The van der Waals surface area contributed by atoms with Gasteiger partial charge in [-0.05, 0) is 52.1 Å². The molecule has 2 aliphatic rings. The first-order valence-corrected chi connectivity index (χ1v) is 10.6. The number of hydrogen-bond acceptors (Lipinski definition) is 5. The van der Waals surface area contributed by atoms with E-state index < -0.39 is 0 Å². The Morgan fingerprint density at radius 1 is 1.08 bits per heavy atom. The molecule has 0 saturated carbocycles. The summed E-state index contributed by atoms with van der Waals surface area (Å²) in [6.45, 7) is 16.8. The van der Waals surface area contributed by atoms with Gasteiger partial charge < -0.3 is 14.4 Å². The first kappa shape index (κ1) is 21.8. The summed E-state index contributed by atoms with van der Waals surface area (Å²) in [5, 5.41) is 0. The van der Waals surface area contributed by atoms with Crippen molar-refractivity contribution in [1.29, 1.82) is 0 Å². The van der Waals surface area contributed by atoms with Crippen molar-refractivity contribution in [2.45, 2.75) is 59.4 Å². The zero-order valence-corrected chi connectivity index (χ0v) is 17.5. The number of likely N-dealkylation sites (tertiary alicyclic amines) is 1. The van der Waals surface area contributed by atoms with Crippen molar-refractivity contribution in [1.82, 2.24) is 9.80 Å². The molecule has 0 spiro atoms. The van der Waals surface area contributed by atoms with E-state index in [0.717, 1.165) is 65.2 Å². The quantitative estimate of drug-likeness (QED) is 0.555. The van der Waals surface area contributed by atoms with Gasteiger partial charge in [0, 0.05) is 32.1 Å². The molecular weight excluding hydrogens is 328 g/mol. The SMILES string of the molecule is CC(C)CCC(=O)C1(COCCN2CCOCC2)CCN(C(C)C)CC1. The van der Waals surface area contributed by atoms with Crippen molar-refractivity contribution in [3.8, 4) is 0 Å². The van der Waals surface area contributed by atoms with Gasteiger partial charge in [0.1, 0.15) is 5.78 Å². The van der Waals surface area contributed by atoms with E-state index in [4.69, 9.17) is 9.47 Å². The zero-order valence-electron chi connectivity index (χ0n) is 17.5. The molecule has 0 unspecified atom stereocenters. The Kier molecular flexibility index (Phi) is 9.01. The molecule has 0 aromatic rings. The summed E-state index contributed by atoms with van der Waals surface area (Å²) in [5.41, 5.74) is -0.259. The van der Waals surface area contributed by atoms with Gasteiger partial charge in [0.25, 0.3) is 0 Å². The molecule has 0 radical (unpaired) electrons. The van der Waals surface area contributed by atoms with Gasteiger partial charge in [-0.2, -0.15) is 0 Å². The molecule has 0 aromatic carbocycles. The van der Waals surface area contributed by atoms with Crippen LogP contribution in [0, 0.1) is 11.3 Å². The monoisotopic (exact) mass is 368 g/mol. The van der Waals surface area contributed by atoms with E-state index in [0.29, 0.717) is 37.4 Å². The summed E-state index contributed by atoms with van der Waals surface area (Å²) in [7, 11) is 0. The molecule has 26 heavy (non-hydrogen) atoms. The Bertz CT molecular complexity index is 411. The number of Topliss-reactive ketones (excluding diaryl/α,β-unsaturated/α-hetero) is 1. The maximum atomic E-state index is 13.1. The van der Waals surface area contributed by atoms with E-state index in [9.17, 15) is 4.79 Å². The average molecular weight is 369 g/mol. The number of nitrogens with zero attached hydrogens (tertiary/aromatic N) is 2. The second-order valence-electron chi connectivity index (χ2n) is 8.77. The van der Waals surface area contributed by atoms with Gasteiger partial charge >= 0.3 is 0 Å². The van der Waals surface area contributed by atoms with Crippen LogP contribution in [0.3, 0.4) is 0 Å². The summed E-state index contributed by atoms with van der Waals surface area (Å²) in [4.78, 5) is 17.9. The number of carbonyl (C=O) groups is 1. The van der Waals surface area contributed by atoms with Crippen LogP contribution in [0.2, 0.25) is 0 Å². The molecule has 0 atom stereocenters. The van der Waals surface area contributed by atoms with Crippen molar-refractivity contribution < 1.29 is 14.3 Å². The first-order chi connectivity index (χ1) is 12.4. The van der Waals surface area contributed by atoms with Gasteiger partial charge in [-0.3, -0.25) is 9.69 Å². The summed E-state index contributed by atoms with van der Waals surface area (Å²) >= 11 is 0. The Morgan fingerprint density at radius 3 is 2.31 bits per heavy atom. The summed E-state index contributed by atoms with van der Waals surface area (Å²) in [6, 6.07) is 0.556. The number of rotatable bonds is 10. The molecule has 0 amide bonds. The van der Waals surface area contributed by atoms with E-state index in [-0.39, 0.29) is 5.41 Å². The number of ether oxygens (including phenoxy) is 2. The van der Waals surface area contributed by atoms with Gasteiger partial charge in [0.15, 0.2) is 0 Å². The summed E-state index contributed by atoms with van der Waals surface area (Å²) in [6.07, 6.45) is 3.58. The Balaban J connectivity index is 1.85. The van der Waals surface area contributed by atoms with Crippen molar-refractivity contribution >= 4 is 5.78 Å². The first-order valence-electron chi connectivity index (χ1n) is 10.6. The Morgan fingerprint density at radius 2 is 1.73 bits per heavy atom. The topological polar surface area (TPSA) is 42.0 Å². The minimum atomic E-state index is -0.259. The fourth-order valence-corrected chi connectivity index (χ4v) is 3.94. The van der Waals surface area contributed by atoms with Gasteiger partial charge in [0.2, 0.25) is 0 Å². The number of piperidine rings is 1. The van der Waals surface area contributed by atoms with Crippen LogP contribution in [-0.2, 0) is 14.3 Å². The van der Waals surface area contributed by atoms with Crippen LogP contribution >= 0.6 is 0 Å². The molecule has 0 aromatic heterocycles. The maximum absolute atomic E-state index is 13.1. The summed E-state index contributed by atoms with van der Waals surface area (Å²) < 4.78 is 11.5. The average Bonchev–Trinajstić information content (AvgIpc) is 2.64. The zero-order chi connectivity index (χ0) is 19.0. The molecule has 0 N–H and O–H groups in total. The lowest BCUT2D eigenvalue weighted by Gasteiger charge is -2.42. The standard InChI is InChI=1S/C21H40N2O3/c1-18(2)5-6-20(24)21(7-9-23(10-8-21)19(3)4)17-26-16-13-22-11-14-25-15-12-22/h18-19H,5-17H2,1-4H3. The minimum absolute atomic E-state index is 0.259. The highest BCUT2D eigenvalue weighted by molar-refractivity contribution is 5.85. The van der Waals surface area contributed by atoms with Gasteiger partial charge in [-0.1, -0.05) is 13.8 Å². The molecule has 5 nitrogen and oxygen atoms in total. The third kappa shape index (κ3) is 6.59. The Hall–Kier alpha value is -0.490. The molecule has 2 rings (SSSR count). The number of morpholine rings is 1. The van der Waals surface area contributed by atoms with E-state index >= 15 is 0 Å². The molecule has 2 fully saturated rings. The van der Waals surface area contributed by atoms with Crippen molar-refractivity contribution in [2.24, 2.45) is 11.3 Å². The second kappa shape index (κ2) is 10.7. The molecule has 0 aliphatic carbocycles. The minimum Gasteiger partial charge on any atom is -0.379 e. The van der Waals surface area contributed by atoms with Crippen molar-refractivity contribution in [3.63, 3.8) is 0 Å². The van der Waals surface area contributed by atoms with Crippen LogP contribution < -0.4 is 0 Å². The molecule has 2 aliphatic heterocycles. The van der Waals surface area contributed by atoms with Crippen molar-refractivity contribution in [2.75, 3.05) is 59.2 Å². The van der Waals surface area contributed by atoms with E-state index in [1.807, 2.05) is 0 Å². The highest BCUT2D eigenvalue weighted by Gasteiger charge is 2.41. The molecule has 0 bridgehead atoms. The van der Waals surface area contributed by atoms with Gasteiger partial charge in [0.05, 0.1) is 31.8 Å². The maximum Gasteiger partial charge on any atom is 0.141 e. The van der Waals surface area contributed by atoms with Crippen LogP contribution in [0.15, 0.2) is 0 Å². The van der Waals surface area contributed by atoms with E-state index in [1.165, 1.54) is 0 Å². The highest BCUT2D eigenvalue weighted by atomic mass is 16.5. The molecule has 2 heterocycles. The van der Waals surface area contributed by atoms with Gasteiger partial charge in [-0.25, -0.2) is 0 Å². The smallest absolute Gasteiger partial charge is 0.141 e. The largest absolute Gasteiger partial charge is 0.379 e. The fourth-order valence-electron chi connectivity index (χ4n) is 3.94. The van der Waals surface area contributed by atoms with E-state index in [1.54, 1.807) is 0 Å². The predicted molar refractivity (Wildman–Crippen MR) is 106 cm³/mol. The van der Waals surface area contributed by atoms with Crippen LogP contribution in [0.5, 0.6) is 0 Å². The lowest BCUT2D eigenvalue weighted by molar-refractivity contribution is -0.137.